The summed E-state index contributed by atoms with van der Waals surface area (Å²) >= 11 is 6.49. The van der Waals surface area contributed by atoms with E-state index in [2.05, 4.69) is 0 Å². The number of benzene rings is 2. The van der Waals surface area contributed by atoms with Crippen molar-refractivity contribution < 1.29 is 24.2 Å². The Morgan fingerprint density at radius 1 is 1.11 bits per heavy atom. The Balaban J connectivity index is 1.89. The molecular formula is C19H14NO5S2-. The smallest absolute Gasteiger partial charge is 0.270 e. The number of ether oxygens (including phenoxy) is 2. The minimum absolute atomic E-state index is 0.0325. The molecule has 0 N–H and O–H groups in total. The molecule has 2 aromatic rings. The summed E-state index contributed by atoms with van der Waals surface area (Å²) in [5.41, 5.74) is 1.30. The van der Waals surface area contributed by atoms with Gasteiger partial charge in [-0.2, -0.15) is 0 Å². The van der Waals surface area contributed by atoms with Gasteiger partial charge in [-0.1, -0.05) is 42.2 Å². The molecule has 0 spiro atoms. The molecule has 0 atom stereocenters. The number of nitrogens with zero attached hydrogens (tertiary/aromatic N) is 1. The van der Waals surface area contributed by atoms with Crippen LogP contribution in [0.3, 0.4) is 0 Å². The number of thiocarbonyl (C=S) groups is 1. The number of methoxy groups -OCH3 is 2. The lowest BCUT2D eigenvalue weighted by Crippen LogP contribution is -2.28. The average molecular weight is 400 g/mol. The quantitative estimate of drug-likeness (QED) is 0.563. The van der Waals surface area contributed by atoms with E-state index in [9.17, 15) is 14.7 Å². The summed E-state index contributed by atoms with van der Waals surface area (Å²) in [6.45, 7) is 0. The first-order chi connectivity index (χ1) is 12.9. The Morgan fingerprint density at radius 2 is 1.78 bits per heavy atom. The molecule has 0 unspecified atom stereocenters. The van der Waals surface area contributed by atoms with Crippen molar-refractivity contribution in [3.05, 3.63) is 58.5 Å². The van der Waals surface area contributed by atoms with Crippen LogP contribution >= 0.6 is 24.0 Å². The Kier molecular flexibility index (Phi) is 5.48. The number of carbonyl (C=O) groups excluding carboxylic acids is 2. The molecule has 138 valence electrons. The highest BCUT2D eigenvalue weighted by atomic mass is 32.2. The van der Waals surface area contributed by atoms with Gasteiger partial charge in [0.15, 0.2) is 15.8 Å². The lowest BCUT2D eigenvalue weighted by Gasteiger charge is -2.15. The maximum atomic E-state index is 12.8. The summed E-state index contributed by atoms with van der Waals surface area (Å²) in [6, 6.07) is 11.1. The van der Waals surface area contributed by atoms with Crippen molar-refractivity contribution >= 4 is 51.9 Å². The maximum absolute atomic E-state index is 12.8. The largest absolute Gasteiger partial charge is 0.545 e. The van der Waals surface area contributed by atoms with Crippen LogP contribution in [0.5, 0.6) is 11.5 Å². The first-order valence-electron chi connectivity index (χ1n) is 7.76. The van der Waals surface area contributed by atoms with E-state index in [1.165, 1.54) is 48.0 Å². The highest BCUT2D eigenvalue weighted by Crippen LogP contribution is 2.37. The normalized spacial score (nSPS) is 15.3. The molecular weight excluding hydrogens is 386 g/mol. The fraction of sp³-hybridized carbons (Fsp3) is 0.105. The van der Waals surface area contributed by atoms with Crippen LogP contribution in [0.4, 0.5) is 5.69 Å². The molecule has 6 nitrogen and oxygen atoms in total. The number of anilines is 1. The molecule has 1 amide bonds. The average Bonchev–Trinajstić information content (AvgIpc) is 2.94. The fourth-order valence-electron chi connectivity index (χ4n) is 2.53. The van der Waals surface area contributed by atoms with Gasteiger partial charge < -0.3 is 19.4 Å². The number of carbonyl (C=O) groups is 2. The molecule has 2 aromatic carbocycles. The van der Waals surface area contributed by atoms with Crippen LogP contribution in [0.25, 0.3) is 6.08 Å². The van der Waals surface area contributed by atoms with E-state index in [4.69, 9.17) is 21.7 Å². The Bertz CT molecular complexity index is 953. The Labute approximate surface area is 165 Å². The third kappa shape index (κ3) is 3.81. The van der Waals surface area contributed by atoms with Gasteiger partial charge in [0.05, 0.1) is 30.8 Å². The second-order valence-corrected chi connectivity index (χ2v) is 7.14. The molecule has 1 aliphatic rings. The van der Waals surface area contributed by atoms with Crippen LogP contribution in [-0.4, -0.2) is 30.4 Å². The summed E-state index contributed by atoms with van der Waals surface area (Å²) in [5.74, 6) is -0.406. The first kappa shape index (κ1) is 18.9. The van der Waals surface area contributed by atoms with Crippen LogP contribution in [0.2, 0.25) is 0 Å². The van der Waals surface area contributed by atoms with Crippen LogP contribution < -0.4 is 19.5 Å². The number of rotatable bonds is 5. The van der Waals surface area contributed by atoms with Gasteiger partial charge in [0.2, 0.25) is 0 Å². The van der Waals surface area contributed by atoms with Crippen molar-refractivity contribution in [3.63, 3.8) is 0 Å². The minimum Gasteiger partial charge on any atom is -0.545 e. The van der Waals surface area contributed by atoms with E-state index >= 15 is 0 Å². The van der Waals surface area contributed by atoms with Crippen LogP contribution in [0.1, 0.15) is 15.9 Å². The van der Waals surface area contributed by atoms with Crippen molar-refractivity contribution in [2.24, 2.45) is 0 Å². The van der Waals surface area contributed by atoms with Gasteiger partial charge in [0.1, 0.15) is 0 Å². The molecule has 0 aromatic heterocycles. The van der Waals surface area contributed by atoms with E-state index in [-0.39, 0.29) is 11.5 Å². The predicted molar refractivity (Wildman–Crippen MR) is 106 cm³/mol. The molecule has 3 rings (SSSR count). The van der Waals surface area contributed by atoms with Gasteiger partial charge in [-0.15, -0.1) is 0 Å². The second kappa shape index (κ2) is 7.81. The first-order valence-corrected chi connectivity index (χ1v) is 8.98. The molecule has 8 heteroatoms. The summed E-state index contributed by atoms with van der Waals surface area (Å²) in [7, 11) is 3.09. The van der Waals surface area contributed by atoms with Gasteiger partial charge in [-0.05, 0) is 41.5 Å². The molecule has 1 fully saturated rings. The standard InChI is InChI=1S/C19H15NO5S2/c1-24-14-8-3-11(9-15(14)25-2)10-16-17(21)20(19(26)27-16)13-6-4-12(5-7-13)18(22)23/h3-10H,1-2H3,(H,22,23)/p-1. The van der Waals surface area contributed by atoms with Crippen molar-refractivity contribution in [1.29, 1.82) is 0 Å². The third-order valence-electron chi connectivity index (χ3n) is 3.86. The van der Waals surface area contributed by atoms with Gasteiger partial charge in [-0.25, -0.2) is 0 Å². The number of carboxylic acids is 1. The summed E-state index contributed by atoms with van der Waals surface area (Å²) in [5, 5.41) is 10.9. The number of hydrogen-bond donors (Lipinski definition) is 0. The SMILES string of the molecule is COc1ccc(C=C2SC(=S)N(c3ccc(C(=O)[O-])cc3)C2=O)cc1OC. The van der Waals surface area contributed by atoms with Crippen molar-refractivity contribution in [2.75, 3.05) is 19.1 Å². The van der Waals surface area contributed by atoms with Gasteiger partial charge in [0.25, 0.3) is 5.91 Å². The number of hydrogen-bond acceptors (Lipinski definition) is 7. The molecule has 1 saturated heterocycles. The molecule has 0 aliphatic carbocycles. The lowest BCUT2D eigenvalue weighted by atomic mass is 10.1. The van der Waals surface area contributed by atoms with E-state index in [1.54, 1.807) is 25.3 Å². The molecule has 1 aliphatic heterocycles. The lowest BCUT2D eigenvalue weighted by molar-refractivity contribution is -0.255. The second-order valence-electron chi connectivity index (χ2n) is 5.47. The highest BCUT2D eigenvalue weighted by molar-refractivity contribution is 8.27. The number of aromatic carboxylic acids is 1. The number of thioether (sulfide) groups is 1. The van der Waals surface area contributed by atoms with Gasteiger partial charge >= 0.3 is 0 Å². The van der Waals surface area contributed by atoms with Gasteiger partial charge in [0, 0.05) is 0 Å². The summed E-state index contributed by atoms with van der Waals surface area (Å²) in [4.78, 5) is 25.5. The monoisotopic (exact) mass is 400 g/mol. The Morgan fingerprint density at radius 3 is 2.37 bits per heavy atom. The van der Waals surface area contributed by atoms with E-state index in [1.807, 2.05) is 6.07 Å². The topological polar surface area (TPSA) is 78.9 Å². The third-order valence-corrected chi connectivity index (χ3v) is 5.16. The van der Waals surface area contributed by atoms with E-state index in [0.717, 1.165) is 5.56 Å². The maximum Gasteiger partial charge on any atom is 0.270 e. The van der Waals surface area contributed by atoms with Crippen LogP contribution in [0.15, 0.2) is 47.4 Å². The highest BCUT2D eigenvalue weighted by Gasteiger charge is 2.33. The molecule has 1 heterocycles. The zero-order valence-corrected chi connectivity index (χ0v) is 16.1. The molecule has 0 radical (unpaired) electrons. The van der Waals surface area contributed by atoms with Crippen molar-refractivity contribution in [3.8, 4) is 11.5 Å². The zero-order chi connectivity index (χ0) is 19.6. The van der Waals surface area contributed by atoms with Crippen LogP contribution in [-0.2, 0) is 4.79 Å². The van der Waals surface area contributed by atoms with Crippen molar-refractivity contribution in [2.45, 2.75) is 0 Å². The number of carboxylic acid groups (broad SMARTS) is 1. The molecule has 27 heavy (non-hydrogen) atoms. The predicted octanol–water partition coefficient (Wildman–Crippen LogP) is 2.47. The van der Waals surface area contributed by atoms with E-state index < -0.39 is 5.97 Å². The van der Waals surface area contributed by atoms with Crippen LogP contribution in [0, 0.1) is 0 Å². The minimum atomic E-state index is -1.28. The summed E-state index contributed by atoms with van der Waals surface area (Å²) < 4.78 is 10.9. The summed E-state index contributed by atoms with van der Waals surface area (Å²) in [6.07, 6.45) is 1.72. The molecule has 0 saturated carbocycles. The Hall–Kier alpha value is -2.84. The van der Waals surface area contributed by atoms with E-state index in [0.29, 0.717) is 26.4 Å². The fourth-order valence-corrected chi connectivity index (χ4v) is 3.83. The van der Waals surface area contributed by atoms with Gasteiger partial charge in [-0.3, -0.25) is 9.69 Å². The zero-order valence-electron chi connectivity index (χ0n) is 14.4. The van der Waals surface area contributed by atoms with Crippen molar-refractivity contribution in [1.82, 2.24) is 0 Å². The molecule has 0 bridgehead atoms. The number of amides is 1.